The van der Waals surface area contributed by atoms with Gasteiger partial charge in [-0.1, -0.05) is 0 Å². The van der Waals surface area contributed by atoms with E-state index in [4.69, 9.17) is 20.3 Å². The topological polar surface area (TPSA) is 248 Å². The first-order valence-corrected chi connectivity index (χ1v) is 11.7. The number of rotatable bonds is 16. The van der Waals surface area contributed by atoms with E-state index < -0.39 is 48.0 Å². The Kier molecular flexibility index (Phi) is 17.2. The van der Waals surface area contributed by atoms with Crippen LogP contribution in [0, 0.1) is 0 Å². The molecule has 0 aliphatic carbocycles. The average molecular weight is 533 g/mol. The molecule has 16 heteroatoms. The monoisotopic (exact) mass is 532 g/mol. The Morgan fingerprint density at radius 3 is 2.00 bits per heavy atom. The van der Waals surface area contributed by atoms with Gasteiger partial charge in [-0.05, 0) is 39.5 Å². The van der Waals surface area contributed by atoms with Crippen LogP contribution in [0.1, 0.15) is 52.4 Å². The van der Waals surface area contributed by atoms with E-state index >= 15 is 0 Å². The number of aliphatic imine (C=N–C) groups is 1. The zero-order valence-corrected chi connectivity index (χ0v) is 20.9. The van der Waals surface area contributed by atoms with Gasteiger partial charge in [0.05, 0.1) is 13.2 Å². The van der Waals surface area contributed by atoms with E-state index in [-0.39, 0.29) is 51.4 Å². The third-order valence-corrected chi connectivity index (χ3v) is 4.48. The van der Waals surface area contributed by atoms with E-state index in [9.17, 15) is 33.9 Å². The highest BCUT2D eigenvalue weighted by Crippen LogP contribution is 2.02. The average Bonchev–Trinajstić information content (AvgIpc) is 2.82. The number of nitrogens with one attached hydrogen (secondary N) is 4. The fourth-order valence-electron chi connectivity index (χ4n) is 2.60. The van der Waals surface area contributed by atoms with Gasteiger partial charge in [-0.2, -0.15) is 0 Å². The van der Waals surface area contributed by atoms with Crippen molar-refractivity contribution in [1.82, 2.24) is 21.3 Å². The molecule has 2 unspecified atom stereocenters. The number of hydrogen-bond acceptors (Lipinski definition) is 9. The summed E-state index contributed by atoms with van der Waals surface area (Å²) in [6.45, 7) is 4.01. The van der Waals surface area contributed by atoms with E-state index in [1.165, 1.54) is 0 Å². The fourth-order valence-corrected chi connectivity index (χ4v) is 2.60. The fraction of sp³-hybridized carbons (Fsp3) is 0.667. The Bertz CT molecular complexity index is 820. The predicted octanol–water partition coefficient (Wildman–Crippen LogP) is -0.727. The maximum atomic E-state index is 12.0. The highest BCUT2D eigenvalue weighted by atomic mass is 16.6. The molecule has 0 spiro atoms. The van der Waals surface area contributed by atoms with Crippen molar-refractivity contribution >= 4 is 41.9 Å². The van der Waals surface area contributed by atoms with Gasteiger partial charge in [0, 0.05) is 25.9 Å². The number of unbranched alkanes of at least 4 members (excludes halogenated alkanes) is 1. The first-order chi connectivity index (χ1) is 17.5. The first kappa shape index (κ1) is 33.0. The Hall–Kier alpha value is -3.95. The minimum atomic E-state index is -1.33. The number of ether oxygens (including phenoxy) is 2. The quantitative estimate of drug-likeness (QED) is 0.0738. The molecule has 0 radical (unpaired) electrons. The number of nitrogens with zero attached hydrogens (tertiary/aromatic N) is 1. The molecule has 0 heterocycles. The number of aliphatic carboxylic acids is 2. The van der Waals surface area contributed by atoms with Crippen molar-refractivity contribution in [2.75, 3.05) is 26.3 Å². The molecular formula is C21H36N6O10. The summed E-state index contributed by atoms with van der Waals surface area (Å²) in [5.41, 5.74) is 5.31. The molecule has 0 aromatic carbocycles. The van der Waals surface area contributed by atoms with Crippen molar-refractivity contribution in [3.8, 4) is 0 Å². The molecule has 0 aromatic rings. The molecule has 8 N–H and O–H groups in total. The van der Waals surface area contributed by atoms with Gasteiger partial charge in [0.15, 0.2) is 0 Å². The van der Waals surface area contributed by atoms with Crippen LogP contribution in [0.15, 0.2) is 4.99 Å². The van der Waals surface area contributed by atoms with Gasteiger partial charge in [-0.15, -0.1) is 4.99 Å². The molecule has 16 nitrogen and oxygen atoms in total. The van der Waals surface area contributed by atoms with Crippen LogP contribution >= 0.6 is 0 Å². The molecule has 0 aliphatic rings. The van der Waals surface area contributed by atoms with Crippen LogP contribution in [0.3, 0.4) is 0 Å². The summed E-state index contributed by atoms with van der Waals surface area (Å²) < 4.78 is 9.43. The normalized spacial score (nSPS) is 12.5. The van der Waals surface area contributed by atoms with Crippen LogP contribution < -0.4 is 27.0 Å². The number of carboxylic acids is 2. The molecule has 37 heavy (non-hydrogen) atoms. The summed E-state index contributed by atoms with van der Waals surface area (Å²) >= 11 is 0. The third kappa shape index (κ3) is 17.2. The molecule has 4 amide bonds. The number of amides is 4. The number of guanidine groups is 1. The zero-order chi connectivity index (χ0) is 28.2. The van der Waals surface area contributed by atoms with Crippen molar-refractivity contribution in [3.05, 3.63) is 0 Å². The molecule has 0 bridgehead atoms. The van der Waals surface area contributed by atoms with Crippen molar-refractivity contribution in [2.45, 2.75) is 64.5 Å². The van der Waals surface area contributed by atoms with Gasteiger partial charge in [0.25, 0.3) is 0 Å². The second kappa shape index (κ2) is 19.3. The van der Waals surface area contributed by atoms with Gasteiger partial charge >= 0.3 is 24.1 Å². The van der Waals surface area contributed by atoms with Gasteiger partial charge in [-0.25, -0.2) is 14.4 Å². The van der Waals surface area contributed by atoms with E-state index in [1.807, 2.05) is 0 Å². The molecule has 0 aliphatic heterocycles. The largest absolute Gasteiger partial charge is 0.480 e. The zero-order valence-electron chi connectivity index (χ0n) is 20.9. The van der Waals surface area contributed by atoms with E-state index in [0.29, 0.717) is 19.4 Å². The molecule has 0 saturated carbocycles. The Labute approximate surface area is 213 Å². The Morgan fingerprint density at radius 2 is 1.43 bits per heavy atom. The number of alkyl carbamates (subject to hydrolysis) is 1. The standard InChI is InChI=1S/C21H36N6O10/c1-3-36-20(34)26-19(27-21(35)37-4-2)24-12-6-5-11-23-15(28)10-8-14(18(32)33)25-16(29)9-7-13(22)17(30)31/h13-14H,3-12,22H2,1-2H3,(H,23,28)(H,25,29)(H,30,31)(H,32,33)(H2,24,26,27,34,35). The minimum absolute atomic E-state index is 0.107. The summed E-state index contributed by atoms with van der Waals surface area (Å²) in [6.07, 6.45) is -1.42. The lowest BCUT2D eigenvalue weighted by Gasteiger charge is -2.15. The Morgan fingerprint density at radius 1 is 0.838 bits per heavy atom. The lowest BCUT2D eigenvalue weighted by Crippen LogP contribution is -2.42. The highest BCUT2D eigenvalue weighted by Gasteiger charge is 2.22. The van der Waals surface area contributed by atoms with Crippen molar-refractivity contribution in [1.29, 1.82) is 0 Å². The number of nitrogens with two attached hydrogens (primary N) is 1. The van der Waals surface area contributed by atoms with Gasteiger partial charge < -0.3 is 41.4 Å². The number of hydrogen-bond donors (Lipinski definition) is 7. The van der Waals surface area contributed by atoms with E-state index in [2.05, 4.69) is 26.3 Å². The third-order valence-electron chi connectivity index (χ3n) is 4.48. The van der Waals surface area contributed by atoms with Crippen LogP contribution in [0.25, 0.3) is 0 Å². The predicted molar refractivity (Wildman–Crippen MR) is 129 cm³/mol. The first-order valence-electron chi connectivity index (χ1n) is 11.7. The van der Waals surface area contributed by atoms with Crippen molar-refractivity contribution in [2.24, 2.45) is 10.7 Å². The second-order valence-corrected chi connectivity index (χ2v) is 7.47. The van der Waals surface area contributed by atoms with Crippen LogP contribution in [0.4, 0.5) is 9.59 Å². The molecule has 0 saturated heterocycles. The highest BCUT2D eigenvalue weighted by molar-refractivity contribution is 5.98. The smallest absolute Gasteiger partial charge is 0.436 e. The Balaban J connectivity index is 4.36. The molecular weight excluding hydrogens is 496 g/mol. The summed E-state index contributed by atoms with van der Waals surface area (Å²) in [6, 6.07) is -2.55. The van der Waals surface area contributed by atoms with Crippen LogP contribution in [-0.2, 0) is 28.7 Å². The number of carbonyl (C=O) groups is 6. The van der Waals surface area contributed by atoms with Crippen LogP contribution in [-0.4, -0.2) is 90.5 Å². The van der Waals surface area contributed by atoms with Crippen molar-refractivity contribution < 1.29 is 48.5 Å². The summed E-state index contributed by atoms with van der Waals surface area (Å²) in [5, 5.41) is 27.9. The second-order valence-electron chi connectivity index (χ2n) is 7.47. The van der Waals surface area contributed by atoms with Gasteiger partial charge in [0.1, 0.15) is 12.1 Å². The van der Waals surface area contributed by atoms with Crippen LogP contribution in [0.5, 0.6) is 0 Å². The van der Waals surface area contributed by atoms with Crippen LogP contribution in [0.2, 0.25) is 0 Å². The molecule has 210 valence electrons. The summed E-state index contributed by atoms with van der Waals surface area (Å²) in [4.78, 5) is 72.5. The number of carbonyl (C=O) groups excluding carboxylic acids is 4. The lowest BCUT2D eigenvalue weighted by molar-refractivity contribution is -0.142. The molecule has 0 rings (SSSR count). The van der Waals surface area contributed by atoms with E-state index in [0.717, 1.165) is 0 Å². The van der Waals surface area contributed by atoms with Gasteiger partial charge in [0.2, 0.25) is 17.8 Å². The number of carboxylic acid groups (broad SMARTS) is 2. The molecule has 0 fully saturated rings. The SMILES string of the molecule is CCOC(=O)/N=C(/NCCCCNC(=O)CCC(NC(=O)CCC(N)C(=O)O)C(=O)O)NC(=O)OCC. The molecule has 0 aromatic heterocycles. The minimum Gasteiger partial charge on any atom is -0.480 e. The summed E-state index contributed by atoms with van der Waals surface area (Å²) in [7, 11) is 0. The lowest BCUT2D eigenvalue weighted by atomic mass is 10.1. The van der Waals surface area contributed by atoms with E-state index in [1.54, 1.807) is 13.8 Å². The van der Waals surface area contributed by atoms with Crippen molar-refractivity contribution in [3.63, 3.8) is 0 Å². The maximum absolute atomic E-state index is 12.0. The van der Waals surface area contributed by atoms with Gasteiger partial charge in [-0.3, -0.25) is 19.7 Å². The summed E-state index contributed by atoms with van der Waals surface area (Å²) in [5.74, 6) is -3.84. The molecule has 2 atom stereocenters. The maximum Gasteiger partial charge on any atom is 0.436 e.